The summed E-state index contributed by atoms with van der Waals surface area (Å²) in [5, 5.41) is 35.2. The molecule has 0 radical (unpaired) electrons. The van der Waals surface area contributed by atoms with Crippen molar-refractivity contribution in [2.45, 2.75) is 147 Å². The van der Waals surface area contributed by atoms with Gasteiger partial charge >= 0.3 is 0 Å². The highest BCUT2D eigenvalue weighted by Gasteiger charge is 2.25. The van der Waals surface area contributed by atoms with Gasteiger partial charge in [-0.15, -0.1) is 0 Å². The molecule has 646 valence electrons. The highest BCUT2D eigenvalue weighted by atomic mass is 79.9. The number of hydrogen-bond donors (Lipinski definition) is 9. The summed E-state index contributed by atoms with van der Waals surface area (Å²) in [6.45, 7) is 29.8. The van der Waals surface area contributed by atoms with Crippen molar-refractivity contribution in [1.82, 2.24) is 89.7 Å². The van der Waals surface area contributed by atoms with E-state index in [1.165, 1.54) is 64.0 Å². The Morgan fingerprint density at radius 3 is 1.15 bits per heavy atom. The van der Waals surface area contributed by atoms with Gasteiger partial charge < -0.3 is 86.6 Å². The summed E-state index contributed by atoms with van der Waals surface area (Å²) in [4.78, 5) is 74.7. The predicted octanol–water partition coefficient (Wildman–Crippen LogP) is 16.5. The molecule has 37 nitrogen and oxygen atoms in total. The van der Waals surface area contributed by atoms with Crippen LogP contribution in [0.3, 0.4) is 0 Å². The lowest BCUT2D eigenvalue weighted by Gasteiger charge is -2.17. The van der Waals surface area contributed by atoms with E-state index in [9.17, 15) is 0 Å². The van der Waals surface area contributed by atoms with E-state index < -0.39 is 0 Å². The van der Waals surface area contributed by atoms with Gasteiger partial charge in [-0.3, -0.25) is 5.41 Å². The molecule has 0 atom stereocenters. The maximum absolute atomic E-state index is 9.00. The van der Waals surface area contributed by atoms with E-state index in [0.29, 0.717) is 139 Å². The molecule has 0 unspecified atom stereocenters. The molecule has 12 aromatic heterocycles. The van der Waals surface area contributed by atoms with Crippen LogP contribution in [0.15, 0.2) is 125 Å². The van der Waals surface area contributed by atoms with Crippen molar-refractivity contribution >= 4 is 88.5 Å². The van der Waals surface area contributed by atoms with Crippen molar-refractivity contribution in [2.24, 2.45) is 5.73 Å². The number of aliphatic hydroxyl groups excluding tert-OH is 1. The lowest BCUT2D eigenvalue weighted by Crippen LogP contribution is -2.13. The quantitative estimate of drug-likeness (QED) is 0.0138. The molecule has 0 spiro atoms. The number of halogens is 3. The van der Waals surface area contributed by atoms with E-state index >= 15 is 0 Å². The maximum Gasteiger partial charge on any atom is 0.216 e. The molecule has 40 heteroatoms. The summed E-state index contributed by atoms with van der Waals surface area (Å²) < 4.78 is 52.2. The van der Waals surface area contributed by atoms with E-state index in [1.54, 1.807) is 78.1 Å². The summed E-state index contributed by atoms with van der Waals surface area (Å²) in [5.74, 6) is 14.5. The molecule has 123 heavy (non-hydrogen) atoms. The number of hydrogen-bond acceptors (Lipinski definition) is 36. The minimum absolute atomic E-state index is 0.0144. The fourth-order valence-corrected chi connectivity index (χ4v) is 11.2. The largest absolute Gasteiger partial charge is 0.481 e. The molecule has 0 saturated heterocycles. The van der Waals surface area contributed by atoms with Crippen LogP contribution in [0.25, 0.3) is 0 Å². The third kappa shape index (κ3) is 29.3. The number of aliphatic hydroxyl groups is 1. The average Bonchev–Trinajstić information content (AvgIpc) is 0.907. The van der Waals surface area contributed by atoms with Crippen molar-refractivity contribution < 1.29 is 47.7 Å². The molecule has 1 aliphatic rings. The molecule has 12 aromatic rings. The lowest BCUT2D eigenvalue weighted by molar-refractivity contribution is 0.310. The summed E-state index contributed by atoms with van der Waals surface area (Å²) in [6.07, 6.45) is 21.7. The van der Waals surface area contributed by atoms with Gasteiger partial charge in [-0.05, 0) is 141 Å². The number of nitriles is 1. The van der Waals surface area contributed by atoms with Crippen LogP contribution in [-0.2, 0) is 0 Å². The summed E-state index contributed by atoms with van der Waals surface area (Å²) >= 11 is 10.2. The van der Waals surface area contributed by atoms with E-state index in [2.05, 4.69) is 209 Å². The summed E-state index contributed by atoms with van der Waals surface area (Å²) in [7, 11) is 4.50. The Labute approximate surface area is 737 Å². The molecule has 1 fully saturated rings. The number of anilines is 6. The molecule has 13 N–H and O–H groups in total. The number of methoxy groups -OCH3 is 3. The summed E-state index contributed by atoms with van der Waals surface area (Å²) in [6, 6.07) is 13.0. The van der Waals surface area contributed by atoms with Gasteiger partial charge in [0.25, 0.3) is 0 Å². The second-order valence-electron chi connectivity index (χ2n) is 27.9. The fraction of sp³-hybridized carbons (Fsp3) is 0.325. The first-order valence-corrected chi connectivity index (χ1v) is 40.6. The normalized spacial score (nSPS) is 11.1. The van der Waals surface area contributed by atoms with Gasteiger partial charge in [0.1, 0.15) is 95.0 Å². The Morgan fingerprint density at radius 2 is 0.772 bits per heavy atom. The van der Waals surface area contributed by atoms with Gasteiger partial charge in [-0.2, -0.15) is 5.26 Å². The van der Waals surface area contributed by atoms with Crippen molar-refractivity contribution in [2.75, 3.05) is 67.6 Å². The number of nitrogens with two attached hydrogens (primary N) is 4. The second kappa shape index (κ2) is 46.0. The Hall–Kier alpha value is -13.3. The van der Waals surface area contributed by atoms with Crippen LogP contribution in [0.2, 0.25) is 0 Å². The molecule has 0 aromatic carbocycles. The number of aromatic nitrogens is 18. The van der Waals surface area contributed by atoms with Crippen LogP contribution in [0.5, 0.6) is 86.6 Å². The SMILES string of the molecule is COc1cc(Oc2cnc(C)nc2N)c(C#N)cn1.COc1cc(Oc2cnc(C)nc2N)c(C(=N)N)cn1.COc1cc(Oc2cnc(C)nc2N)c(C)cn1.Cc1ncc(Oc2cc(Br)ncc2C(C)C)c(NC(C)C)n1.Cc1ncc(Oc2cc(Br)ncc2C(C)C)c(NC2CC2)n1.Cc1ncc(Oc2cc(Br)ncc2C(C)C)c(NCCO)n1. The van der Waals surface area contributed by atoms with Crippen molar-refractivity contribution in [3.05, 3.63) is 193 Å². The number of ether oxygens (including phenoxy) is 9. The molecule has 12 heterocycles. The van der Waals surface area contributed by atoms with Crippen LogP contribution in [-0.4, -0.2) is 147 Å². The molecule has 0 aliphatic heterocycles. The molecule has 1 aliphatic carbocycles. The van der Waals surface area contributed by atoms with Crippen LogP contribution >= 0.6 is 47.8 Å². The first-order valence-electron chi connectivity index (χ1n) is 38.2. The zero-order valence-corrected chi connectivity index (χ0v) is 75.9. The maximum atomic E-state index is 9.00. The van der Waals surface area contributed by atoms with Crippen molar-refractivity contribution in [3.8, 4) is 92.7 Å². The molecule has 0 bridgehead atoms. The van der Waals surface area contributed by atoms with Crippen LogP contribution in [0.4, 0.5) is 34.9 Å². The van der Waals surface area contributed by atoms with E-state index in [0.717, 1.165) is 54.6 Å². The Balaban J connectivity index is 0.000000183. The number of pyridine rings is 6. The number of nitrogens with one attached hydrogen (secondary N) is 4. The molecule has 1 saturated carbocycles. The van der Waals surface area contributed by atoms with Crippen LogP contribution < -0.4 is 81.5 Å². The van der Waals surface area contributed by atoms with Gasteiger partial charge in [-0.25, -0.2) is 89.7 Å². The van der Waals surface area contributed by atoms with Gasteiger partial charge in [0, 0.05) is 108 Å². The van der Waals surface area contributed by atoms with Crippen molar-refractivity contribution in [3.63, 3.8) is 0 Å². The molecular formula is C83H98Br3N27O10. The van der Waals surface area contributed by atoms with Crippen molar-refractivity contribution in [1.29, 1.82) is 10.7 Å². The van der Waals surface area contributed by atoms with E-state index in [1.807, 2.05) is 57.4 Å². The van der Waals surface area contributed by atoms with Gasteiger partial charge in [0.2, 0.25) is 17.6 Å². The van der Waals surface area contributed by atoms with Crippen LogP contribution in [0.1, 0.15) is 154 Å². The number of rotatable bonds is 26. The molecular weight excluding hydrogens is 1770 g/mol. The second-order valence-corrected chi connectivity index (χ2v) is 30.4. The minimum Gasteiger partial charge on any atom is -0.481 e. The number of nitrogens with zero attached hydrogens (tertiary/aromatic N) is 19. The third-order valence-corrected chi connectivity index (χ3v) is 17.9. The predicted molar refractivity (Wildman–Crippen MR) is 476 cm³/mol. The fourth-order valence-electron chi connectivity index (χ4n) is 10.2. The first kappa shape index (κ1) is 95.2. The monoisotopic (exact) mass is 1870 g/mol. The van der Waals surface area contributed by atoms with Gasteiger partial charge in [0.15, 0.2) is 75.2 Å². The van der Waals surface area contributed by atoms with E-state index in [4.69, 9.17) is 81.3 Å². The molecule has 13 rings (SSSR count). The zero-order chi connectivity index (χ0) is 89.7. The Morgan fingerprint density at radius 1 is 0.431 bits per heavy atom. The topological polar surface area (TPSA) is 523 Å². The Kier molecular flexibility index (Phi) is 35.6. The standard InChI is InChI=1S/C16H19BrN4O.C16H21BrN4O.C15H19BrN4O2.C12H14N6O2.C12H11N5O2.C12H14N4O2/c1-9(2)12-7-19-15(17)6-13(12)22-14-8-18-10(3)20-16(14)21-11-4-5-11;1-9(2)12-7-19-15(17)6-13(12)22-14-8-18-11(5)21-16(14)20-10(3)4;1-9(2)11-7-19-14(16)6-12(11)22-13-8-18-10(3)20-15(13)17-4-5-21;1-6-16-5-9(12(15)18-6)20-8-3-10(19-2)17-4-7(8)11(13)14;1-7-15-6-10(12(14)17-7)19-9-3-11(18-2)16-5-8(9)4-13;1-7-5-15-11(17-3)4-9(7)18-10-6-14-8(2)16-12(10)13/h6-9,11H,4-5H2,1-3H3,(H,18,20,21);6-10H,1-5H3,(H,18,20,21);6-9,21H,4-5H2,1-3H3,(H,17,18,20);3-5H,1-2H3,(H3,13,14)(H2,15,16,18);3,5-6H,1-2H3,(H2,14,15,17);4-6H,1-3H3,(H2,13,14,16). The van der Waals surface area contributed by atoms with E-state index in [-0.39, 0.29) is 58.8 Å². The number of aryl methyl sites for hydroxylation is 7. The summed E-state index contributed by atoms with van der Waals surface area (Å²) in [5.41, 5.74) is 27.3. The molecule has 0 amide bonds. The first-order chi connectivity index (χ1) is 58.6. The van der Waals surface area contributed by atoms with Gasteiger partial charge in [0.05, 0.1) is 76.9 Å². The van der Waals surface area contributed by atoms with Crippen LogP contribution in [0, 0.1) is 65.2 Å². The smallest absolute Gasteiger partial charge is 0.216 e. The lowest BCUT2D eigenvalue weighted by atomic mass is 10.1. The average molecular weight is 1870 g/mol. The number of amidine groups is 1. The Bertz CT molecular complexity index is 5530. The highest BCUT2D eigenvalue weighted by Crippen LogP contribution is 2.40. The minimum atomic E-state index is -0.179. The zero-order valence-electron chi connectivity index (χ0n) is 71.2. The third-order valence-electron chi connectivity index (χ3n) is 16.6. The highest BCUT2D eigenvalue weighted by molar-refractivity contribution is 9.11. The van der Waals surface area contributed by atoms with Gasteiger partial charge in [-0.1, -0.05) is 41.5 Å². The number of nitrogen functional groups attached to an aromatic ring is 4.